The van der Waals surface area contributed by atoms with E-state index in [1.807, 2.05) is 0 Å². The van der Waals surface area contributed by atoms with Crippen molar-refractivity contribution < 1.29 is 23.0 Å². The topological polar surface area (TPSA) is 48.4 Å². The molecule has 0 unspecified atom stereocenters. The van der Waals surface area contributed by atoms with Crippen LogP contribution < -0.4 is 9.47 Å². The van der Waals surface area contributed by atoms with Gasteiger partial charge in [-0.1, -0.05) is 0 Å². The van der Waals surface area contributed by atoms with E-state index in [4.69, 9.17) is 9.47 Å². The Morgan fingerprint density at radius 2 is 2.22 bits per heavy atom. The molecule has 0 saturated heterocycles. The van der Waals surface area contributed by atoms with Gasteiger partial charge in [0.25, 0.3) is 0 Å². The van der Waals surface area contributed by atoms with Gasteiger partial charge in [0.05, 0.1) is 19.9 Å². The van der Waals surface area contributed by atoms with Crippen molar-refractivity contribution in [3.05, 3.63) is 18.0 Å². The standard InChI is InChI=1S/C12H13F2NO3/c1-17-10-2-9(6-16)15-5-11(10)18-7-8-3-12(13,14)4-8/h2,5-6,8H,3-4,7H2,1H3. The van der Waals surface area contributed by atoms with Gasteiger partial charge in [-0.3, -0.25) is 4.79 Å². The monoisotopic (exact) mass is 257 g/mol. The molecule has 4 nitrogen and oxygen atoms in total. The molecule has 0 aliphatic heterocycles. The fourth-order valence-electron chi connectivity index (χ4n) is 1.88. The molecular formula is C12H13F2NO3. The molecule has 98 valence electrons. The Hall–Kier alpha value is -1.72. The second kappa shape index (κ2) is 4.88. The summed E-state index contributed by atoms with van der Waals surface area (Å²) in [4.78, 5) is 14.4. The minimum absolute atomic E-state index is 0.143. The predicted octanol–water partition coefficient (Wildman–Crippen LogP) is 2.33. The first-order valence-corrected chi connectivity index (χ1v) is 5.54. The maximum Gasteiger partial charge on any atom is 0.248 e. The van der Waals surface area contributed by atoms with Crippen LogP contribution in [0.3, 0.4) is 0 Å². The zero-order valence-electron chi connectivity index (χ0n) is 9.86. The summed E-state index contributed by atoms with van der Waals surface area (Å²) in [6, 6.07) is 1.44. The number of rotatable bonds is 5. The highest BCUT2D eigenvalue weighted by Crippen LogP contribution is 2.42. The van der Waals surface area contributed by atoms with Crippen LogP contribution in [0, 0.1) is 5.92 Å². The SMILES string of the molecule is COc1cc(C=O)ncc1OCC1CC(F)(F)C1. The highest BCUT2D eigenvalue weighted by Gasteiger charge is 2.45. The van der Waals surface area contributed by atoms with Crippen LogP contribution >= 0.6 is 0 Å². The van der Waals surface area contributed by atoms with Gasteiger partial charge in [0.1, 0.15) is 5.69 Å². The summed E-state index contributed by atoms with van der Waals surface area (Å²) >= 11 is 0. The number of alkyl halides is 2. The molecule has 1 aliphatic rings. The Morgan fingerprint density at radius 1 is 1.50 bits per heavy atom. The Morgan fingerprint density at radius 3 is 2.78 bits per heavy atom. The average Bonchev–Trinajstić information content (AvgIpc) is 2.33. The summed E-state index contributed by atoms with van der Waals surface area (Å²) in [7, 11) is 1.44. The molecule has 0 spiro atoms. The maximum absolute atomic E-state index is 12.6. The first kappa shape index (κ1) is 12.7. The molecule has 0 bridgehead atoms. The van der Waals surface area contributed by atoms with Crippen LogP contribution in [0.15, 0.2) is 12.3 Å². The fraction of sp³-hybridized carbons (Fsp3) is 0.500. The number of aldehydes is 1. The summed E-state index contributed by atoms with van der Waals surface area (Å²) < 4.78 is 35.7. The summed E-state index contributed by atoms with van der Waals surface area (Å²) in [5.74, 6) is -1.95. The van der Waals surface area contributed by atoms with Crippen molar-refractivity contribution in [2.24, 2.45) is 5.92 Å². The molecule has 6 heteroatoms. The van der Waals surface area contributed by atoms with E-state index in [1.165, 1.54) is 19.4 Å². The van der Waals surface area contributed by atoms with Crippen molar-refractivity contribution in [1.82, 2.24) is 4.98 Å². The van der Waals surface area contributed by atoms with Gasteiger partial charge >= 0.3 is 0 Å². The molecule has 0 amide bonds. The largest absolute Gasteiger partial charge is 0.493 e. The van der Waals surface area contributed by atoms with Crippen molar-refractivity contribution in [2.75, 3.05) is 13.7 Å². The quantitative estimate of drug-likeness (QED) is 0.759. The minimum atomic E-state index is -2.54. The van der Waals surface area contributed by atoms with Gasteiger partial charge in [-0.05, 0) is 0 Å². The Kier molecular flexibility index (Phi) is 3.45. The third kappa shape index (κ3) is 2.75. The normalized spacial score (nSPS) is 17.9. The van der Waals surface area contributed by atoms with Crippen LogP contribution in [-0.4, -0.2) is 30.9 Å². The van der Waals surface area contributed by atoms with Gasteiger partial charge in [0.2, 0.25) is 5.92 Å². The lowest BCUT2D eigenvalue weighted by Crippen LogP contribution is -2.38. The van der Waals surface area contributed by atoms with Crippen LogP contribution in [0.25, 0.3) is 0 Å². The van der Waals surface area contributed by atoms with Crippen molar-refractivity contribution in [3.63, 3.8) is 0 Å². The first-order chi connectivity index (χ1) is 8.54. The summed E-state index contributed by atoms with van der Waals surface area (Å²) in [6.07, 6.45) is 1.67. The van der Waals surface area contributed by atoms with E-state index in [0.717, 1.165) is 0 Å². The van der Waals surface area contributed by atoms with E-state index in [2.05, 4.69) is 4.98 Å². The zero-order valence-corrected chi connectivity index (χ0v) is 9.86. The molecule has 1 saturated carbocycles. The van der Waals surface area contributed by atoms with Crippen molar-refractivity contribution in [2.45, 2.75) is 18.8 Å². The number of hydrogen-bond donors (Lipinski definition) is 0. The molecule has 0 radical (unpaired) electrons. The van der Waals surface area contributed by atoms with Crippen molar-refractivity contribution in [1.29, 1.82) is 0 Å². The number of carbonyl (C=O) groups excluding carboxylic acids is 1. The van der Waals surface area contributed by atoms with Gasteiger partial charge in [-0.2, -0.15) is 0 Å². The van der Waals surface area contributed by atoms with Crippen LogP contribution in [0.2, 0.25) is 0 Å². The number of ether oxygens (including phenoxy) is 2. The highest BCUT2D eigenvalue weighted by molar-refractivity contribution is 5.73. The van der Waals surface area contributed by atoms with Gasteiger partial charge in [-0.15, -0.1) is 0 Å². The third-order valence-electron chi connectivity index (χ3n) is 2.84. The molecule has 18 heavy (non-hydrogen) atoms. The van der Waals surface area contributed by atoms with Crippen LogP contribution in [0.5, 0.6) is 11.5 Å². The lowest BCUT2D eigenvalue weighted by molar-refractivity contribution is -0.119. The molecule has 1 aliphatic carbocycles. The van der Waals surface area contributed by atoms with Crippen LogP contribution in [0.4, 0.5) is 8.78 Å². The average molecular weight is 257 g/mol. The summed E-state index contributed by atoms with van der Waals surface area (Å²) in [5.41, 5.74) is 0.231. The van der Waals surface area contributed by atoms with E-state index in [0.29, 0.717) is 17.8 Å². The van der Waals surface area contributed by atoms with Gasteiger partial charge in [0.15, 0.2) is 17.8 Å². The van der Waals surface area contributed by atoms with E-state index in [-0.39, 0.29) is 31.1 Å². The minimum Gasteiger partial charge on any atom is -0.493 e. The Bertz CT molecular complexity index is 443. The maximum atomic E-state index is 12.6. The molecule has 1 aromatic heterocycles. The number of pyridine rings is 1. The Balaban J connectivity index is 1.95. The molecule has 1 heterocycles. The molecule has 0 atom stereocenters. The van der Waals surface area contributed by atoms with E-state index < -0.39 is 5.92 Å². The molecule has 0 aromatic carbocycles. The van der Waals surface area contributed by atoms with Gasteiger partial charge < -0.3 is 9.47 Å². The number of methoxy groups -OCH3 is 1. The van der Waals surface area contributed by atoms with Crippen LogP contribution in [0.1, 0.15) is 23.3 Å². The van der Waals surface area contributed by atoms with Crippen molar-refractivity contribution in [3.8, 4) is 11.5 Å². The molecule has 1 aromatic rings. The van der Waals surface area contributed by atoms with E-state index in [1.54, 1.807) is 0 Å². The van der Waals surface area contributed by atoms with E-state index >= 15 is 0 Å². The third-order valence-corrected chi connectivity index (χ3v) is 2.84. The number of hydrogen-bond acceptors (Lipinski definition) is 4. The van der Waals surface area contributed by atoms with Gasteiger partial charge in [-0.25, -0.2) is 13.8 Å². The summed E-state index contributed by atoms with van der Waals surface area (Å²) in [5, 5.41) is 0. The number of nitrogens with zero attached hydrogens (tertiary/aromatic N) is 1. The second-order valence-electron chi connectivity index (χ2n) is 4.32. The summed E-state index contributed by atoms with van der Waals surface area (Å²) in [6.45, 7) is 0.202. The second-order valence-corrected chi connectivity index (χ2v) is 4.32. The molecule has 0 N–H and O–H groups in total. The number of halogens is 2. The highest BCUT2D eigenvalue weighted by atomic mass is 19.3. The molecular weight excluding hydrogens is 244 g/mol. The number of aromatic nitrogens is 1. The fourth-order valence-corrected chi connectivity index (χ4v) is 1.88. The van der Waals surface area contributed by atoms with Crippen molar-refractivity contribution >= 4 is 6.29 Å². The first-order valence-electron chi connectivity index (χ1n) is 5.54. The smallest absolute Gasteiger partial charge is 0.248 e. The van der Waals surface area contributed by atoms with Gasteiger partial charge in [0, 0.05) is 24.8 Å². The zero-order chi connectivity index (χ0) is 13.2. The van der Waals surface area contributed by atoms with Crippen LogP contribution in [-0.2, 0) is 0 Å². The molecule has 1 fully saturated rings. The lowest BCUT2D eigenvalue weighted by atomic mass is 9.82. The van der Waals surface area contributed by atoms with E-state index in [9.17, 15) is 13.6 Å². The predicted molar refractivity (Wildman–Crippen MR) is 59.3 cm³/mol. The molecule has 2 rings (SSSR count). The Labute approximate surface area is 103 Å². The number of carbonyl (C=O) groups is 1. The lowest BCUT2D eigenvalue weighted by Gasteiger charge is -2.34.